The van der Waals surface area contributed by atoms with Crippen molar-refractivity contribution in [1.29, 1.82) is 0 Å². The van der Waals surface area contributed by atoms with Gasteiger partial charge < -0.3 is 25.2 Å². The molecular weight excluding hydrogens is 512 g/mol. The SMILES string of the molecule is COC(CC[C@@H]1SC[C@@H]2NC(=O)N[C@@H]21)C(OC)(C(=O)O)C(c1ccccc1)(c1ccccc1)c1ccccc1. The summed E-state index contributed by atoms with van der Waals surface area (Å²) in [6.45, 7) is 0. The van der Waals surface area contributed by atoms with E-state index >= 15 is 0 Å². The second-order valence-corrected chi connectivity index (χ2v) is 11.3. The van der Waals surface area contributed by atoms with Gasteiger partial charge >= 0.3 is 12.0 Å². The van der Waals surface area contributed by atoms with E-state index in [9.17, 15) is 14.7 Å². The summed E-state index contributed by atoms with van der Waals surface area (Å²) in [4.78, 5) is 25.7. The maximum absolute atomic E-state index is 13.8. The van der Waals surface area contributed by atoms with E-state index in [1.807, 2.05) is 91.0 Å². The molecule has 2 amide bonds. The number of urea groups is 1. The maximum atomic E-state index is 13.8. The monoisotopic (exact) mass is 546 g/mol. The van der Waals surface area contributed by atoms with Crippen LogP contribution in [0.4, 0.5) is 4.79 Å². The first-order valence-corrected chi connectivity index (χ1v) is 14.2. The van der Waals surface area contributed by atoms with Gasteiger partial charge in [-0.1, -0.05) is 91.0 Å². The van der Waals surface area contributed by atoms with Crippen molar-refractivity contribution in [2.24, 2.45) is 0 Å². The Labute approximate surface area is 233 Å². The first kappa shape index (κ1) is 27.2. The zero-order valence-electron chi connectivity index (χ0n) is 22.1. The summed E-state index contributed by atoms with van der Waals surface area (Å²) in [7, 11) is 3.02. The number of aliphatic carboxylic acids is 1. The van der Waals surface area contributed by atoms with Crippen LogP contribution in [0.25, 0.3) is 0 Å². The third kappa shape index (κ3) is 4.50. The Hall–Kier alpha value is -3.33. The summed E-state index contributed by atoms with van der Waals surface area (Å²) >= 11 is 1.79. The number of carboxylic acid groups (broad SMARTS) is 1. The number of rotatable bonds is 11. The molecule has 204 valence electrons. The molecule has 2 saturated heterocycles. The van der Waals surface area contributed by atoms with Crippen LogP contribution in [0.5, 0.6) is 0 Å². The lowest BCUT2D eigenvalue weighted by atomic mass is 9.56. The Morgan fingerprint density at radius 3 is 1.87 bits per heavy atom. The molecule has 2 aliphatic heterocycles. The fraction of sp³-hybridized carbons (Fsp3) is 0.355. The van der Waals surface area contributed by atoms with Crippen molar-refractivity contribution in [2.75, 3.05) is 20.0 Å². The summed E-state index contributed by atoms with van der Waals surface area (Å²) in [5.41, 5.74) is -0.734. The van der Waals surface area contributed by atoms with Gasteiger partial charge in [0.1, 0.15) is 0 Å². The molecule has 5 atom stereocenters. The molecule has 0 aliphatic carbocycles. The number of carbonyl (C=O) groups is 2. The van der Waals surface area contributed by atoms with E-state index in [1.54, 1.807) is 18.9 Å². The van der Waals surface area contributed by atoms with Crippen LogP contribution in [-0.2, 0) is 19.7 Å². The highest BCUT2D eigenvalue weighted by Crippen LogP contribution is 2.52. The average molecular weight is 547 g/mol. The minimum Gasteiger partial charge on any atom is -0.479 e. The zero-order chi connectivity index (χ0) is 27.5. The molecule has 0 bridgehead atoms. The highest BCUT2D eigenvalue weighted by atomic mass is 32.2. The van der Waals surface area contributed by atoms with Crippen molar-refractivity contribution in [1.82, 2.24) is 10.6 Å². The molecule has 2 aliphatic rings. The Morgan fingerprint density at radius 1 is 0.923 bits per heavy atom. The van der Waals surface area contributed by atoms with Crippen molar-refractivity contribution in [3.8, 4) is 0 Å². The molecule has 3 aromatic carbocycles. The zero-order valence-corrected chi connectivity index (χ0v) is 22.9. The predicted molar refractivity (Wildman–Crippen MR) is 152 cm³/mol. The van der Waals surface area contributed by atoms with Gasteiger partial charge in [0.2, 0.25) is 5.60 Å². The Morgan fingerprint density at radius 2 is 1.44 bits per heavy atom. The molecule has 2 fully saturated rings. The average Bonchev–Trinajstić information content (AvgIpc) is 3.53. The van der Waals surface area contributed by atoms with Crippen molar-refractivity contribution < 1.29 is 24.2 Å². The van der Waals surface area contributed by atoms with Crippen molar-refractivity contribution in [3.05, 3.63) is 108 Å². The summed E-state index contributed by atoms with van der Waals surface area (Å²) in [5.74, 6) is -0.289. The topological polar surface area (TPSA) is 96.9 Å². The first-order valence-electron chi connectivity index (χ1n) is 13.2. The molecule has 0 saturated carbocycles. The summed E-state index contributed by atoms with van der Waals surface area (Å²) in [6, 6.07) is 29.0. The van der Waals surface area contributed by atoms with Crippen LogP contribution in [0.1, 0.15) is 29.5 Å². The van der Waals surface area contributed by atoms with Crippen LogP contribution in [0.15, 0.2) is 91.0 Å². The van der Waals surface area contributed by atoms with E-state index in [2.05, 4.69) is 10.6 Å². The number of methoxy groups -OCH3 is 2. The molecule has 3 aromatic rings. The number of benzene rings is 3. The van der Waals surface area contributed by atoms with Crippen molar-refractivity contribution in [3.63, 3.8) is 0 Å². The van der Waals surface area contributed by atoms with E-state index in [0.29, 0.717) is 12.8 Å². The number of hydrogen-bond acceptors (Lipinski definition) is 5. The minimum absolute atomic E-state index is 0.00362. The van der Waals surface area contributed by atoms with Gasteiger partial charge in [-0.15, -0.1) is 0 Å². The van der Waals surface area contributed by atoms with Crippen molar-refractivity contribution >= 4 is 23.8 Å². The number of thioether (sulfide) groups is 1. The second-order valence-electron chi connectivity index (χ2n) is 10.0. The van der Waals surface area contributed by atoms with Gasteiger partial charge in [-0.3, -0.25) is 0 Å². The molecule has 39 heavy (non-hydrogen) atoms. The molecule has 0 spiro atoms. The third-order valence-electron chi connectivity index (χ3n) is 8.21. The maximum Gasteiger partial charge on any atom is 0.340 e. The van der Waals surface area contributed by atoms with Crippen LogP contribution >= 0.6 is 11.8 Å². The first-order chi connectivity index (χ1) is 19.0. The smallest absolute Gasteiger partial charge is 0.340 e. The molecule has 7 nitrogen and oxygen atoms in total. The Balaban J connectivity index is 1.69. The van der Waals surface area contributed by atoms with Crippen LogP contribution in [0.2, 0.25) is 0 Å². The highest BCUT2D eigenvalue weighted by molar-refractivity contribution is 8.00. The molecule has 0 radical (unpaired) electrons. The fourth-order valence-corrected chi connectivity index (χ4v) is 8.08. The summed E-state index contributed by atoms with van der Waals surface area (Å²) in [6.07, 6.45) is 0.242. The van der Waals surface area contributed by atoms with E-state index in [0.717, 1.165) is 22.4 Å². The summed E-state index contributed by atoms with van der Waals surface area (Å²) in [5, 5.41) is 17.4. The molecule has 5 rings (SSSR count). The fourth-order valence-electron chi connectivity index (χ4n) is 6.56. The van der Waals surface area contributed by atoms with E-state index < -0.39 is 23.1 Å². The molecule has 2 unspecified atom stereocenters. The van der Waals surface area contributed by atoms with E-state index in [-0.39, 0.29) is 23.4 Å². The van der Waals surface area contributed by atoms with Gasteiger partial charge in [0.05, 0.1) is 23.6 Å². The lowest BCUT2D eigenvalue weighted by Gasteiger charge is -2.51. The van der Waals surface area contributed by atoms with Crippen LogP contribution in [0, 0.1) is 0 Å². The van der Waals surface area contributed by atoms with Gasteiger partial charge in [0.25, 0.3) is 0 Å². The number of hydrogen-bond donors (Lipinski definition) is 3. The number of carbonyl (C=O) groups excluding carboxylic acids is 1. The van der Waals surface area contributed by atoms with E-state index in [1.165, 1.54) is 7.11 Å². The van der Waals surface area contributed by atoms with Crippen LogP contribution in [-0.4, -0.2) is 66.1 Å². The predicted octanol–water partition coefficient (Wildman–Crippen LogP) is 4.45. The number of fused-ring (bicyclic) bond motifs is 1. The van der Waals surface area contributed by atoms with Crippen molar-refractivity contribution in [2.45, 2.75) is 47.3 Å². The lowest BCUT2D eigenvalue weighted by molar-refractivity contribution is -0.192. The molecule has 3 N–H and O–H groups in total. The van der Waals surface area contributed by atoms with Gasteiger partial charge in [0, 0.05) is 25.2 Å². The lowest BCUT2D eigenvalue weighted by Crippen LogP contribution is -2.66. The Bertz CT molecular complexity index is 1180. The van der Waals surface area contributed by atoms with Gasteiger partial charge in [0.15, 0.2) is 0 Å². The van der Waals surface area contributed by atoms with Gasteiger partial charge in [-0.2, -0.15) is 11.8 Å². The quantitative estimate of drug-likeness (QED) is 0.243. The number of carboxylic acids is 1. The molecular formula is C31H34N2O5S. The largest absolute Gasteiger partial charge is 0.479 e. The molecule has 0 aromatic heterocycles. The number of amides is 2. The minimum atomic E-state index is -1.84. The van der Waals surface area contributed by atoms with Crippen LogP contribution in [0.3, 0.4) is 0 Å². The second kappa shape index (κ2) is 11.4. The Kier molecular flexibility index (Phi) is 7.98. The standard InChI is InChI=1S/C31H34N2O5S/c1-37-26(19-18-25-27-24(20-39-25)32-29(36)33-27)31(38-2,28(34)35)30(21-12-6-3-7-13-21,22-14-8-4-9-15-22)23-16-10-5-11-17-23/h3-17,24-27H,18-20H2,1-2H3,(H,34,35)(H2,32,33,36)/t24-,25-,26?,27-,31?/m0/s1. The number of nitrogens with one attached hydrogen (secondary N) is 2. The van der Waals surface area contributed by atoms with Crippen LogP contribution < -0.4 is 10.6 Å². The molecule has 8 heteroatoms. The van der Waals surface area contributed by atoms with Gasteiger partial charge in [-0.25, -0.2) is 9.59 Å². The summed E-state index contributed by atoms with van der Waals surface area (Å²) < 4.78 is 12.4. The highest BCUT2D eigenvalue weighted by Gasteiger charge is 2.65. The van der Waals surface area contributed by atoms with E-state index in [4.69, 9.17) is 9.47 Å². The third-order valence-corrected chi connectivity index (χ3v) is 9.72. The molecule has 2 heterocycles. The van der Waals surface area contributed by atoms with Gasteiger partial charge in [-0.05, 0) is 29.5 Å². The number of ether oxygens (including phenoxy) is 2. The normalized spacial score (nSPS) is 22.8.